The zero-order valence-corrected chi connectivity index (χ0v) is 24.9. The normalized spacial score (nSPS) is 14.6. The van der Waals surface area contributed by atoms with Crippen LogP contribution in [0.1, 0.15) is 87.0 Å². The van der Waals surface area contributed by atoms with Gasteiger partial charge in [-0.05, 0) is 78.5 Å². The quantitative estimate of drug-likeness (QED) is 0.269. The van der Waals surface area contributed by atoms with Crippen LogP contribution in [0.15, 0.2) is 66.7 Å². The lowest BCUT2D eigenvalue weighted by Gasteiger charge is -2.28. The van der Waals surface area contributed by atoms with Crippen molar-refractivity contribution in [1.82, 2.24) is 15.1 Å². The van der Waals surface area contributed by atoms with Gasteiger partial charge in [0.2, 0.25) is 0 Å². The second-order valence-electron chi connectivity index (χ2n) is 12.2. The number of hydrogen-bond donors (Lipinski definition) is 1. The first-order valence-electron chi connectivity index (χ1n) is 14.6. The van der Waals surface area contributed by atoms with E-state index in [0.717, 1.165) is 16.6 Å². The van der Waals surface area contributed by atoms with Crippen LogP contribution in [0.2, 0.25) is 0 Å². The Morgan fingerprint density at radius 2 is 1.66 bits per heavy atom. The third kappa shape index (κ3) is 7.20. The molecule has 214 valence electrons. The van der Waals surface area contributed by atoms with Crippen LogP contribution in [0.4, 0.5) is 0 Å². The first-order chi connectivity index (χ1) is 19.6. The molecular formula is C35H41N3O3. The zero-order chi connectivity index (χ0) is 29.6. The zero-order valence-electron chi connectivity index (χ0n) is 24.9. The average Bonchev–Trinajstić information content (AvgIpc) is 3.28. The molecule has 0 saturated heterocycles. The minimum atomic E-state index is 0.0169. The van der Waals surface area contributed by atoms with Gasteiger partial charge < -0.3 is 5.32 Å². The summed E-state index contributed by atoms with van der Waals surface area (Å²) < 4.78 is 2.05. The van der Waals surface area contributed by atoms with Crippen molar-refractivity contribution in [2.75, 3.05) is 0 Å². The number of benzene rings is 3. The molecule has 1 heterocycles. The van der Waals surface area contributed by atoms with E-state index in [9.17, 15) is 4.79 Å². The molecule has 1 aliphatic carbocycles. The molecule has 0 aliphatic heterocycles. The molecule has 6 heteroatoms. The van der Waals surface area contributed by atoms with E-state index in [1.54, 1.807) is 0 Å². The fraction of sp³-hybridized carbons (Fsp3) is 0.400. The van der Waals surface area contributed by atoms with Crippen molar-refractivity contribution in [3.63, 3.8) is 0 Å². The summed E-state index contributed by atoms with van der Waals surface area (Å²) in [5.74, 6) is 0.609. The fourth-order valence-corrected chi connectivity index (χ4v) is 6.00. The molecule has 1 aromatic heterocycles. The van der Waals surface area contributed by atoms with Crippen molar-refractivity contribution in [3.05, 3.63) is 89.1 Å². The smallest absolute Gasteiger partial charge is 0.349 e. The third-order valence-electron chi connectivity index (χ3n) is 8.25. The Kier molecular flexibility index (Phi) is 9.57. The van der Waals surface area contributed by atoms with Crippen molar-refractivity contribution in [1.29, 1.82) is 0 Å². The van der Waals surface area contributed by atoms with E-state index in [0.29, 0.717) is 18.0 Å². The van der Waals surface area contributed by atoms with Gasteiger partial charge in [0.25, 0.3) is 5.91 Å². The van der Waals surface area contributed by atoms with Crippen LogP contribution in [0.3, 0.4) is 0 Å². The van der Waals surface area contributed by atoms with Crippen molar-refractivity contribution in [2.45, 2.75) is 84.7 Å². The largest absolute Gasteiger partial charge is 0.373 e. The molecule has 41 heavy (non-hydrogen) atoms. The Morgan fingerprint density at radius 1 is 1.00 bits per heavy atom. The van der Waals surface area contributed by atoms with Crippen molar-refractivity contribution >= 4 is 23.0 Å². The second-order valence-corrected chi connectivity index (χ2v) is 12.2. The molecule has 0 bridgehead atoms. The summed E-state index contributed by atoms with van der Waals surface area (Å²) in [6.07, 6.45) is 6.57. The van der Waals surface area contributed by atoms with Gasteiger partial charge in [0.1, 0.15) is 0 Å². The van der Waals surface area contributed by atoms with Gasteiger partial charge in [0.05, 0.1) is 17.8 Å². The van der Waals surface area contributed by atoms with Gasteiger partial charge in [0.15, 0.2) is 0 Å². The standard InChI is InChI=1S/C34H41N3O.CO2/c1-23(26-11-7-6-8-12-26)35-33(38)28-19-20-32-30(21-28)24(2)36-37(32)22-25-15-17-27(18-16-25)29-13-9-10-14-31(29)34(3,4)5;2-1-3/h9-10,13-21,23,26H,6-8,11-12,22H2,1-5H3,(H,35,38);/t23-;/m0./s1. The Hall–Kier alpha value is -4.02. The first-order valence-corrected chi connectivity index (χ1v) is 14.6. The summed E-state index contributed by atoms with van der Waals surface area (Å²) in [6.45, 7) is 11.7. The summed E-state index contributed by atoms with van der Waals surface area (Å²) in [4.78, 5) is 29.3. The van der Waals surface area contributed by atoms with E-state index in [1.165, 1.54) is 54.4 Å². The monoisotopic (exact) mass is 551 g/mol. The summed E-state index contributed by atoms with van der Waals surface area (Å²) in [5.41, 5.74) is 7.89. The number of fused-ring (bicyclic) bond motifs is 1. The highest BCUT2D eigenvalue weighted by Crippen LogP contribution is 2.33. The maximum atomic E-state index is 13.0. The number of carbonyl (C=O) groups is 1. The van der Waals surface area contributed by atoms with Gasteiger partial charge in [-0.15, -0.1) is 0 Å². The predicted molar refractivity (Wildman–Crippen MR) is 163 cm³/mol. The minimum Gasteiger partial charge on any atom is -0.349 e. The number of rotatable bonds is 6. The maximum Gasteiger partial charge on any atom is 0.373 e. The molecule has 4 aromatic rings. The van der Waals surface area contributed by atoms with E-state index in [4.69, 9.17) is 14.7 Å². The van der Waals surface area contributed by atoms with Crippen LogP contribution >= 0.6 is 0 Å². The Balaban J connectivity index is 0.00000124. The Morgan fingerprint density at radius 3 is 2.32 bits per heavy atom. The van der Waals surface area contributed by atoms with Gasteiger partial charge in [0, 0.05) is 17.0 Å². The number of nitrogens with one attached hydrogen (secondary N) is 1. The first kappa shape index (κ1) is 30.0. The molecule has 0 spiro atoms. The van der Waals surface area contributed by atoms with E-state index in [-0.39, 0.29) is 23.5 Å². The maximum absolute atomic E-state index is 13.0. The molecule has 0 unspecified atom stereocenters. The molecule has 0 radical (unpaired) electrons. The van der Waals surface area contributed by atoms with E-state index in [1.807, 2.05) is 25.1 Å². The molecular weight excluding hydrogens is 510 g/mol. The lowest BCUT2D eigenvalue weighted by atomic mass is 9.82. The average molecular weight is 552 g/mol. The molecule has 6 nitrogen and oxygen atoms in total. The lowest BCUT2D eigenvalue weighted by molar-refractivity contribution is -0.191. The predicted octanol–water partition coefficient (Wildman–Crippen LogP) is 7.47. The van der Waals surface area contributed by atoms with Crippen molar-refractivity contribution in [3.8, 4) is 11.1 Å². The van der Waals surface area contributed by atoms with Crippen LogP contribution in [-0.2, 0) is 21.5 Å². The number of hydrogen-bond acceptors (Lipinski definition) is 4. The highest BCUT2D eigenvalue weighted by molar-refractivity contribution is 5.98. The highest BCUT2D eigenvalue weighted by atomic mass is 16.2. The van der Waals surface area contributed by atoms with Crippen LogP contribution in [0.25, 0.3) is 22.0 Å². The van der Waals surface area contributed by atoms with Gasteiger partial charge in [-0.25, -0.2) is 0 Å². The van der Waals surface area contributed by atoms with Crippen LogP contribution in [0, 0.1) is 12.8 Å². The van der Waals surface area contributed by atoms with Crippen molar-refractivity contribution < 1.29 is 14.4 Å². The lowest BCUT2D eigenvalue weighted by Crippen LogP contribution is -2.38. The second kappa shape index (κ2) is 13.1. The topological polar surface area (TPSA) is 81.1 Å². The minimum absolute atomic E-state index is 0.0169. The summed E-state index contributed by atoms with van der Waals surface area (Å²) in [6, 6.07) is 23.7. The van der Waals surface area contributed by atoms with Crippen molar-refractivity contribution in [2.24, 2.45) is 5.92 Å². The SMILES string of the molecule is Cc1nn(Cc2ccc(-c3ccccc3C(C)(C)C)cc2)c2ccc(C(=O)N[C@@H](C)C3CCCCC3)cc12.O=C=O. The molecule has 1 fully saturated rings. The Bertz CT molecular complexity index is 1520. The van der Waals surface area contributed by atoms with Crippen LogP contribution in [0.5, 0.6) is 0 Å². The molecule has 1 atom stereocenters. The summed E-state index contributed by atoms with van der Waals surface area (Å²) in [7, 11) is 0. The van der Waals surface area contributed by atoms with Gasteiger partial charge in [-0.3, -0.25) is 9.48 Å². The van der Waals surface area contributed by atoms with Gasteiger partial charge in [-0.2, -0.15) is 14.7 Å². The number of nitrogens with zero attached hydrogens (tertiary/aromatic N) is 2. The highest BCUT2D eigenvalue weighted by Gasteiger charge is 2.22. The van der Waals surface area contributed by atoms with Gasteiger partial charge >= 0.3 is 6.15 Å². The third-order valence-corrected chi connectivity index (χ3v) is 8.25. The summed E-state index contributed by atoms with van der Waals surface area (Å²) >= 11 is 0. The number of aryl methyl sites for hydroxylation is 1. The van der Waals surface area contributed by atoms with E-state index in [2.05, 4.69) is 86.2 Å². The molecule has 3 aromatic carbocycles. The molecule has 1 N–H and O–H groups in total. The Labute approximate surface area is 243 Å². The number of carbonyl (C=O) groups excluding carboxylic acids is 3. The molecule has 1 amide bonds. The van der Waals surface area contributed by atoms with Gasteiger partial charge in [-0.1, -0.05) is 88.6 Å². The molecule has 5 rings (SSSR count). The molecule has 1 saturated carbocycles. The van der Waals surface area contributed by atoms with Crippen LogP contribution in [-0.4, -0.2) is 27.9 Å². The van der Waals surface area contributed by atoms with E-state index >= 15 is 0 Å². The molecule has 1 aliphatic rings. The fourth-order valence-electron chi connectivity index (χ4n) is 6.00. The summed E-state index contributed by atoms with van der Waals surface area (Å²) in [5, 5.41) is 9.13. The number of amides is 1. The number of aromatic nitrogens is 2. The van der Waals surface area contributed by atoms with Crippen LogP contribution < -0.4 is 5.32 Å². The van der Waals surface area contributed by atoms with E-state index < -0.39 is 0 Å².